The van der Waals surface area contributed by atoms with Crippen molar-refractivity contribution in [3.63, 3.8) is 0 Å². The molecule has 0 amide bonds. The minimum absolute atomic E-state index is 0.594. The molecule has 0 fully saturated rings. The van der Waals surface area contributed by atoms with Gasteiger partial charge in [0.15, 0.2) is 0 Å². The standard InChI is InChI=1S/C82H50N2/c1-5-23-51(24-6-1)83(52-25-7-2-8-26-52)55-43-45-59-57-31-13-17-39-69(57)81(73(59)47-55)71-41-19-15-33-63(71)79-65-37-21-36-62-68-50-76-80(66-38-22-35-61(78(66)68)67(77(62)65)49-75(79)81)64-34-16-20-42-72(64)82(76)70-40-18-14-32-58(70)60-46-44-56(48-74(60)82)84(53-27-9-3-10-28-53)54-29-11-4-12-30-54/h1-50H. The van der Waals surface area contributed by atoms with Crippen LogP contribution >= 0.6 is 0 Å². The van der Waals surface area contributed by atoms with Crippen molar-refractivity contribution in [3.05, 3.63) is 348 Å². The summed E-state index contributed by atoms with van der Waals surface area (Å²) in [6.07, 6.45) is 0. The van der Waals surface area contributed by atoms with Crippen molar-refractivity contribution in [1.29, 1.82) is 0 Å². The molecule has 0 aliphatic heterocycles. The van der Waals surface area contributed by atoms with Gasteiger partial charge in [0.05, 0.1) is 10.8 Å². The Balaban J connectivity index is 0.902. The van der Waals surface area contributed by atoms with Crippen molar-refractivity contribution >= 4 is 77.2 Å². The molecule has 0 heterocycles. The highest BCUT2D eigenvalue weighted by atomic mass is 15.1. The van der Waals surface area contributed by atoms with Crippen molar-refractivity contribution in [2.75, 3.05) is 9.80 Å². The molecule has 0 aromatic heterocycles. The molecule has 15 aromatic carbocycles. The maximum atomic E-state index is 2.64. The number of rotatable bonds is 6. The average Bonchev–Trinajstić information content (AvgIpc) is 1.50. The first-order valence-corrected chi connectivity index (χ1v) is 29.4. The third-order valence-corrected chi connectivity index (χ3v) is 19.5. The van der Waals surface area contributed by atoms with Crippen molar-refractivity contribution in [3.8, 4) is 44.5 Å². The van der Waals surface area contributed by atoms with Gasteiger partial charge in [-0.1, -0.05) is 218 Å². The number of fused-ring (bicyclic) bond motifs is 24. The molecule has 19 rings (SSSR count). The van der Waals surface area contributed by atoms with Gasteiger partial charge in [0, 0.05) is 34.1 Å². The number of hydrogen-bond donors (Lipinski definition) is 0. The molecular formula is C82H50N2. The van der Waals surface area contributed by atoms with Gasteiger partial charge >= 0.3 is 0 Å². The highest BCUT2D eigenvalue weighted by Gasteiger charge is 2.54. The lowest BCUT2D eigenvalue weighted by atomic mass is 9.69. The van der Waals surface area contributed by atoms with Crippen LogP contribution < -0.4 is 9.80 Å². The van der Waals surface area contributed by atoms with Gasteiger partial charge in [-0.2, -0.15) is 0 Å². The fourth-order valence-electron chi connectivity index (χ4n) is 16.5. The molecule has 15 aromatic rings. The van der Waals surface area contributed by atoms with Crippen LogP contribution in [0.5, 0.6) is 0 Å². The summed E-state index contributed by atoms with van der Waals surface area (Å²) in [6, 6.07) is 115. The van der Waals surface area contributed by atoms with Gasteiger partial charge < -0.3 is 9.80 Å². The molecule has 0 N–H and O–H groups in total. The largest absolute Gasteiger partial charge is 0.310 e. The summed E-state index contributed by atoms with van der Waals surface area (Å²) in [5.41, 5.74) is 26.7. The summed E-state index contributed by atoms with van der Waals surface area (Å²) in [4.78, 5) is 4.83. The second-order valence-electron chi connectivity index (χ2n) is 23.3. The molecule has 2 atom stereocenters. The highest BCUT2D eigenvalue weighted by Crippen LogP contribution is 2.68. The average molecular weight is 1060 g/mol. The first-order valence-electron chi connectivity index (χ1n) is 29.4. The zero-order chi connectivity index (χ0) is 54.8. The first-order chi connectivity index (χ1) is 41.7. The van der Waals surface area contributed by atoms with Crippen LogP contribution in [0.4, 0.5) is 34.1 Å². The monoisotopic (exact) mass is 1060 g/mol. The highest BCUT2D eigenvalue weighted by molar-refractivity contribution is 6.36. The normalized spacial score (nSPS) is 16.2. The fourth-order valence-corrected chi connectivity index (χ4v) is 16.5. The van der Waals surface area contributed by atoms with E-state index in [-0.39, 0.29) is 0 Å². The van der Waals surface area contributed by atoms with E-state index in [1.807, 2.05) is 0 Å². The van der Waals surface area contributed by atoms with E-state index < -0.39 is 10.8 Å². The zero-order valence-corrected chi connectivity index (χ0v) is 45.8. The van der Waals surface area contributed by atoms with Crippen LogP contribution in [-0.4, -0.2) is 0 Å². The third-order valence-electron chi connectivity index (χ3n) is 19.5. The number of anilines is 6. The van der Waals surface area contributed by atoms with E-state index in [1.165, 1.54) is 132 Å². The Morgan fingerprint density at radius 1 is 0.179 bits per heavy atom. The topological polar surface area (TPSA) is 6.48 Å². The smallest absolute Gasteiger partial charge is 0.0726 e. The number of benzene rings is 15. The van der Waals surface area contributed by atoms with Crippen molar-refractivity contribution in [1.82, 2.24) is 0 Å². The summed E-state index contributed by atoms with van der Waals surface area (Å²) in [7, 11) is 0. The molecule has 84 heavy (non-hydrogen) atoms. The molecular weight excluding hydrogens is 1010 g/mol. The summed E-state index contributed by atoms with van der Waals surface area (Å²) < 4.78 is 0. The van der Waals surface area contributed by atoms with Gasteiger partial charge in [0.25, 0.3) is 0 Å². The Morgan fingerprint density at radius 2 is 0.476 bits per heavy atom. The van der Waals surface area contributed by atoms with Crippen molar-refractivity contribution < 1.29 is 0 Å². The van der Waals surface area contributed by atoms with E-state index in [9.17, 15) is 0 Å². The molecule has 0 radical (unpaired) electrons. The lowest BCUT2D eigenvalue weighted by Gasteiger charge is -2.33. The van der Waals surface area contributed by atoms with E-state index in [1.54, 1.807) is 0 Å². The molecule has 4 aliphatic carbocycles. The Hall–Kier alpha value is -10.8. The second-order valence-corrected chi connectivity index (χ2v) is 23.3. The van der Waals surface area contributed by atoms with Crippen LogP contribution in [-0.2, 0) is 10.8 Å². The Labute approximate surface area is 487 Å². The van der Waals surface area contributed by atoms with E-state index in [2.05, 4.69) is 313 Å². The molecule has 388 valence electrons. The summed E-state index contributed by atoms with van der Waals surface area (Å²) in [5.74, 6) is 0. The van der Waals surface area contributed by atoms with Gasteiger partial charge in [-0.05, 0) is 217 Å². The third kappa shape index (κ3) is 5.74. The van der Waals surface area contributed by atoms with E-state index in [0.717, 1.165) is 34.1 Å². The molecule has 4 aliphatic rings. The predicted molar refractivity (Wildman–Crippen MR) is 350 cm³/mol. The predicted octanol–water partition coefficient (Wildman–Crippen LogP) is 21.4. The van der Waals surface area contributed by atoms with Crippen LogP contribution in [0, 0.1) is 0 Å². The van der Waals surface area contributed by atoms with E-state index in [0.29, 0.717) is 0 Å². The van der Waals surface area contributed by atoms with Crippen LogP contribution in [0.25, 0.3) is 87.6 Å². The van der Waals surface area contributed by atoms with Gasteiger partial charge in [-0.25, -0.2) is 0 Å². The number of para-hydroxylation sites is 4. The lowest BCUT2D eigenvalue weighted by Crippen LogP contribution is -2.26. The van der Waals surface area contributed by atoms with Crippen molar-refractivity contribution in [2.45, 2.75) is 10.8 Å². The second kappa shape index (κ2) is 16.9. The number of nitrogens with zero attached hydrogens (tertiary/aromatic N) is 2. The quantitative estimate of drug-likeness (QED) is 0.121. The molecule has 2 heteroatoms. The fraction of sp³-hybridized carbons (Fsp3) is 0.0244. The van der Waals surface area contributed by atoms with Crippen molar-refractivity contribution in [2.24, 2.45) is 0 Å². The molecule has 2 nitrogen and oxygen atoms in total. The maximum Gasteiger partial charge on any atom is 0.0726 e. The Kier molecular flexibility index (Phi) is 9.23. The minimum Gasteiger partial charge on any atom is -0.310 e. The molecule has 2 unspecified atom stereocenters. The molecule has 2 spiro atoms. The van der Waals surface area contributed by atoms with Crippen LogP contribution in [0.15, 0.2) is 303 Å². The van der Waals surface area contributed by atoms with E-state index >= 15 is 0 Å². The van der Waals surface area contributed by atoms with Crippen LogP contribution in [0.1, 0.15) is 44.5 Å². The summed E-state index contributed by atoms with van der Waals surface area (Å²) >= 11 is 0. The molecule has 0 saturated heterocycles. The van der Waals surface area contributed by atoms with E-state index in [4.69, 9.17) is 0 Å². The van der Waals surface area contributed by atoms with Gasteiger partial charge in [-0.3, -0.25) is 0 Å². The summed E-state index contributed by atoms with van der Waals surface area (Å²) in [6.45, 7) is 0. The Bertz CT molecular complexity index is 4850. The first kappa shape index (κ1) is 45.9. The van der Waals surface area contributed by atoms with Gasteiger partial charge in [0.2, 0.25) is 0 Å². The lowest BCUT2D eigenvalue weighted by molar-refractivity contribution is 0.795. The number of hydrogen-bond acceptors (Lipinski definition) is 2. The Morgan fingerprint density at radius 3 is 0.845 bits per heavy atom. The minimum atomic E-state index is -0.594. The summed E-state index contributed by atoms with van der Waals surface area (Å²) in [5, 5.41) is 10.4. The maximum absolute atomic E-state index is 2.64. The SMILES string of the molecule is c1ccc(N(c2ccccc2)c2ccc3c(c2)C2(c4ccccc4-3)c3ccccc3-c3c2cc2c4cccc5c6c(cc(c7cccc3c72)c54)C2(c3ccccc3-c3ccc(N(c4ccccc4)c4ccccc4)cc32)c2ccccc2-6)cc1. The van der Waals surface area contributed by atoms with Crippen LogP contribution in [0.2, 0.25) is 0 Å². The zero-order valence-electron chi connectivity index (χ0n) is 45.8. The van der Waals surface area contributed by atoms with Gasteiger partial charge in [-0.15, -0.1) is 0 Å². The van der Waals surface area contributed by atoms with Gasteiger partial charge in [0.1, 0.15) is 0 Å². The molecule has 0 bridgehead atoms. The van der Waals surface area contributed by atoms with Crippen LogP contribution in [0.3, 0.4) is 0 Å². The molecule has 0 saturated carbocycles.